The Balaban J connectivity index is 0.000000281. The Morgan fingerprint density at radius 3 is 0.619 bits per heavy atom. The predicted octanol–water partition coefficient (Wildman–Crippen LogP) is 3.95. The average molecular weight is 741 g/mol. The van der Waals surface area contributed by atoms with Crippen molar-refractivity contribution in [3.8, 4) is 45.8 Å². The van der Waals surface area contributed by atoms with E-state index < -0.39 is 23.0 Å². The SMILES string of the molecule is [O-]c1ccccc1[O-].[O-]c1ccccc1[O-].[Pd+2].[Pd+2].c1ccc(-c2ccccn2)nc1.c1ccc(-c2ccccn2)nc1. The van der Waals surface area contributed by atoms with E-state index >= 15 is 0 Å². The second-order valence-corrected chi connectivity index (χ2v) is 7.75. The summed E-state index contributed by atoms with van der Waals surface area (Å²) < 4.78 is 0. The zero-order valence-electron chi connectivity index (χ0n) is 21.9. The average Bonchev–Trinajstić information content (AvgIpc) is 3.03. The van der Waals surface area contributed by atoms with Crippen molar-refractivity contribution in [2.24, 2.45) is 0 Å². The summed E-state index contributed by atoms with van der Waals surface area (Å²) in [6, 6.07) is 34.4. The van der Waals surface area contributed by atoms with Crippen LogP contribution in [0.3, 0.4) is 0 Å². The van der Waals surface area contributed by atoms with Crippen molar-refractivity contribution in [1.82, 2.24) is 19.9 Å². The van der Waals surface area contributed by atoms with E-state index in [1.807, 2.05) is 72.8 Å². The fraction of sp³-hybridized carbons (Fsp3) is 0. The molecule has 0 aliphatic heterocycles. The van der Waals surface area contributed by atoms with Crippen molar-refractivity contribution >= 4 is 0 Å². The molecule has 0 bridgehead atoms. The van der Waals surface area contributed by atoms with Gasteiger partial charge in [-0.1, -0.05) is 72.8 Å². The summed E-state index contributed by atoms with van der Waals surface area (Å²) in [6.45, 7) is 0. The van der Waals surface area contributed by atoms with Crippen molar-refractivity contribution in [1.29, 1.82) is 0 Å². The second kappa shape index (κ2) is 20.4. The van der Waals surface area contributed by atoms with Crippen molar-refractivity contribution in [2.45, 2.75) is 0 Å². The third-order valence-corrected chi connectivity index (χ3v) is 4.88. The molecule has 0 aliphatic carbocycles. The maximum absolute atomic E-state index is 10.3. The molecule has 42 heavy (non-hydrogen) atoms. The van der Waals surface area contributed by atoms with Gasteiger partial charge in [0.15, 0.2) is 0 Å². The number of rotatable bonds is 2. The molecule has 2 aromatic carbocycles. The Bertz CT molecular complexity index is 1300. The Hall–Kier alpha value is -4.44. The predicted molar refractivity (Wildman–Crippen MR) is 146 cm³/mol. The van der Waals surface area contributed by atoms with Crippen molar-refractivity contribution < 1.29 is 61.3 Å². The van der Waals surface area contributed by atoms with Crippen LogP contribution in [-0.2, 0) is 40.8 Å². The van der Waals surface area contributed by atoms with Crippen LogP contribution in [0.4, 0.5) is 0 Å². The fourth-order valence-electron chi connectivity index (χ4n) is 2.96. The minimum atomic E-state index is -0.437. The Morgan fingerprint density at radius 2 is 0.476 bits per heavy atom. The molecule has 0 saturated carbocycles. The van der Waals surface area contributed by atoms with Crippen LogP contribution >= 0.6 is 0 Å². The van der Waals surface area contributed by atoms with E-state index in [0.29, 0.717) is 0 Å². The van der Waals surface area contributed by atoms with Crippen LogP contribution in [0.5, 0.6) is 23.0 Å². The van der Waals surface area contributed by atoms with Crippen LogP contribution in [0.2, 0.25) is 0 Å². The first-order valence-corrected chi connectivity index (χ1v) is 12.1. The van der Waals surface area contributed by atoms with Gasteiger partial charge >= 0.3 is 40.8 Å². The molecule has 10 heteroatoms. The van der Waals surface area contributed by atoms with Gasteiger partial charge in [0.2, 0.25) is 0 Å². The van der Waals surface area contributed by atoms with E-state index in [-0.39, 0.29) is 40.8 Å². The Kier molecular flexibility index (Phi) is 17.3. The van der Waals surface area contributed by atoms with Crippen molar-refractivity contribution in [3.05, 3.63) is 146 Å². The van der Waals surface area contributed by atoms with Gasteiger partial charge in [-0.25, -0.2) is 0 Å². The molecule has 0 radical (unpaired) electrons. The van der Waals surface area contributed by atoms with Crippen LogP contribution in [0, 0.1) is 0 Å². The topological polar surface area (TPSA) is 144 Å². The van der Waals surface area contributed by atoms with E-state index in [1.165, 1.54) is 24.3 Å². The van der Waals surface area contributed by atoms with Crippen LogP contribution in [0.15, 0.2) is 146 Å². The van der Waals surface area contributed by atoms with Crippen LogP contribution in [0.1, 0.15) is 0 Å². The molecule has 0 amide bonds. The second-order valence-electron chi connectivity index (χ2n) is 7.75. The smallest absolute Gasteiger partial charge is 0.873 e. The molecule has 0 saturated heterocycles. The molecule has 0 unspecified atom stereocenters. The van der Waals surface area contributed by atoms with Gasteiger partial charge in [-0.15, -0.1) is 23.0 Å². The summed E-state index contributed by atoms with van der Waals surface area (Å²) in [5.74, 6) is -1.75. The molecule has 0 aliphatic rings. The van der Waals surface area contributed by atoms with Crippen molar-refractivity contribution in [2.75, 3.05) is 0 Å². The largest absolute Gasteiger partial charge is 2.00 e. The fourth-order valence-corrected chi connectivity index (χ4v) is 2.96. The number of benzene rings is 2. The molecule has 6 rings (SSSR count). The number of hydrogen-bond acceptors (Lipinski definition) is 8. The monoisotopic (exact) mass is 740 g/mol. The summed E-state index contributed by atoms with van der Waals surface area (Å²) in [5.41, 5.74) is 3.66. The molecule has 0 fully saturated rings. The molecule has 0 atom stereocenters. The summed E-state index contributed by atoms with van der Waals surface area (Å²) in [4.78, 5) is 16.7. The van der Waals surface area contributed by atoms with Gasteiger partial charge in [0.25, 0.3) is 0 Å². The summed E-state index contributed by atoms with van der Waals surface area (Å²) >= 11 is 0. The Morgan fingerprint density at radius 1 is 0.286 bits per heavy atom. The van der Waals surface area contributed by atoms with E-state index in [0.717, 1.165) is 22.8 Å². The number of aromatic nitrogens is 4. The quantitative estimate of drug-likeness (QED) is 0.243. The summed E-state index contributed by atoms with van der Waals surface area (Å²) in [5, 5.41) is 41.2. The van der Waals surface area contributed by atoms with Crippen molar-refractivity contribution in [3.63, 3.8) is 0 Å². The first kappa shape index (κ1) is 35.6. The molecule has 0 spiro atoms. The molecular weight excluding hydrogens is 717 g/mol. The van der Waals surface area contributed by atoms with E-state index in [4.69, 9.17) is 0 Å². The molecular formula is C32H24N4O4Pd2. The minimum Gasteiger partial charge on any atom is -0.873 e. The number of para-hydroxylation sites is 4. The number of nitrogens with zero attached hydrogens (tertiary/aromatic N) is 4. The van der Waals surface area contributed by atoms with Gasteiger partial charge in [0.1, 0.15) is 0 Å². The van der Waals surface area contributed by atoms with Gasteiger partial charge in [-0.2, -0.15) is 0 Å². The zero-order valence-corrected chi connectivity index (χ0v) is 25.0. The van der Waals surface area contributed by atoms with E-state index in [1.54, 1.807) is 49.1 Å². The minimum absolute atomic E-state index is 0. The molecule has 8 nitrogen and oxygen atoms in total. The van der Waals surface area contributed by atoms with E-state index in [2.05, 4.69) is 19.9 Å². The standard InChI is InChI=1S/2C10H8N2.2C6H6O2.2Pd/c2*1-3-7-11-9(5-1)10-6-2-4-8-12-10;2*7-5-3-1-2-4-6(5)8;;/h2*1-8H;2*1-4,7-8H;;/q;;;;2*+2/p-4. The first-order valence-electron chi connectivity index (χ1n) is 12.1. The van der Waals surface area contributed by atoms with Crippen LogP contribution in [0.25, 0.3) is 22.8 Å². The van der Waals surface area contributed by atoms with Gasteiger partial charge in [-0.3, -0.25) is 19.9 Å². The number of pyridine rings is 4. The molecule has 216 valence electrons. The van der Waals surface area contributed by atoms with Gasteiger partial charge in [0, 0.05) is 24.8 Å². The van der Waals surface area contributed by atoms with Gasteiger partial charge in [-0.05, 0) is 48.5 Å². The molecule has 0 N–H and O–H groups in total. The van der Waals surface area contributed by atoms with Crippen LogP contribution < -0.4 is 20.4 Å². The van der Waals surface area contributed by atoms with Crippen LogP contribution in [-0.4, -0.2) is 19.9 Å². The number of hydrogen-bond donors (Lipinski definition) is 0. The van der Waals surface area contributed by atoms with Gasteiger partial charge < -0.3 is 20.4 Å². The first-order chi connectivity index (χ1) is 19.5. The summed E-state index contributed by atoms with van der Waals surface area (Å²) in [7, 11) is 0. The third-order valence-electron chi connectivity index (χ3n) is 4.88. The molecule has 4 heterocycles. The van der Waals surface area contributed by atoms with Gasteiger partial charge in [0.05, 0.1) is 22.8 Å². The normalized spacial score (nSPS) is 8.95. The molecule has 6 aromatic rings. The maximum atomic E-state index is 10.3. The summed E-state index contributed by atoms with van der Waals surface area (Å²) in [6.07, 6.45) is 7.07. The Labute approximate surface area is 271 Å². The maximum Gasteiger partial charge on any atom is 2.00 e. The zero-order chi connectivity index (χ0) is 28.4. The third kappa shape index (κ3) is 12.8. The molecule has 4 aromatic heterocycles. The van der Waals surface area contributed by atoms with E-state index in [9.17, 15) is 20.4 Å².